The number of oxazole rings is 1. The predicted octanol–water partition coefficient (Wildman–Crippen LogP) is 2.18. The van der Waals surface area contributed by atoms with E-state index in [4.69, 9.17) is 4.42 Å². The molecule has 5 heteroatoms. The fourth-order valence-corrected chi connectivity index (χ4v) is 2.09. The molecule has 0 atom stereocenters. The topological polar surface area (TPSA) is 63.8 Å². The SMILES string of the molecule is CCc1c(C)[nH]n(-c2nc3ccccc3o2)c1=O. The summed E-state index contributed by atoms with van der Waals surface area (Å²) < 4.78 is 6.92. The Balaban J connectivity index is 2.23. The van der Waals surface area contributed by atoms with Crippen molar-refractivity contribution in [2.75, 3.05) is 0 Å². The first-order valence-corrected chi connectivity index (χ1v) is 5.87. The van der Waals surface area contributed by atoms with Gasteiger partial charge in [0.15, 0.2) is 5.58 Å². The van der Waals surface area contributed by atoms with Gasteiger partial charge in [0, 0.05) is 11.3 Å². The summed E-state index contributed by atoms with van der Waals surface area (Å²) in [6, 6.07) is 7.72. The van der Waals surface area contributed by atoms with Crippen molar-refractivity contribution in [2.45, 2.75) is 20.3 Å². The Morgan fingerprint density at radius 1 is 1.39 bits per heavy atom. The third-order valence-corrected chi connectivity index (χ3v) is 3.02. The van der Waals surface area contributed by atoms with Gasteiger partial charge < -0.3 is 4.42 Å². The van der Waals surface area contributed by atoms with Crippen molar-refractivity contribution in [3.8, 4) is 6.01 Å². The average Bonchev–Trinajstić information content (AvgIpc) is 2.90. The van der Waals surface area contributed by atoms with Gasteiger partial charge in [-0.05, 0) is 25.5 Å². The smallest absolute Gasteiger partial charge is 0.325 e. The average molecular weight is 243 g/mol. The quantitative estimate of drug-likeness (QED) is 0.750. The van der Waals surface area contributed by atoms with Crippen molar-refractivity contribution >= 4 is 11.1 Å². The molecular formula is C13H13N3O2. The highest BCUT2D eigenvalue weighted by molar-refractivity contribution is 5.73. The van der Waals surface area contributed by atoms with Crippen LogP contribution in [0.25, 0.3) is 17.1 Å². The van der Waals surface area contributed by atoms with E-state index in [1.54, 1.807) is 0 Å². The Hall–Kier alpha value is -2.30. The molecule has 0 spiro atoms. The predicted molar refractivity (Wildman–Crippen MR) is 68.1 cm³/mol. The molecule has 0 saturated carbocycles. The molecule has 0 bridgehead atoms. The number of rotatable bonds is 2. The maximum Gasteiger partial charge on any atom is 0.325 e. The lowest BCUT2D eigenvalue weighted by Gasteiger charge is -1.91. The monoisotopic (exact) mass is 243 g/mol. The maximum atomic E-state index is 12.1. The van der Waals surface area contributed by atoms with Gasteiger partial charge in [-0.1, -0.05) is 19.1 Å². The van der Waals surface area contributed by atoms with Crippen molar-refractivity contribution in [2.24, 2.45) is 0 Å². The molecule has 92 valence electrons. The Morgan fingerprint density at radius 2 is 2.17 bits per heavy atom. The number of para-hydroxylation sites is 2. The first-order valence-electron chi connectivity index (χ1n) is 5.87. The number of aromatic amines is 1. The van der Waals surface area contributed by atoms with Crippen molar-refractivity contribution in [1.29, 1.82) is 0 Å². The lowest BCUT2D eigenvalue weighted by Crippen LogP contribution is -2.17. The third-order valence-electron chi connectivity index (χ3n) is 3.02. The van der Waals surface area contributed by atoms with Crippen molar-refractivity contribution < 1.29 is 4.42 Å². The number of fused-ring (bicyclic) bond motifs is 1. The first kappa shape index (κ1) is 10.8. The molecule has 1 aromatic carbocycles. The van der Waals surface area contributed by atoms with Gasteiger partial charge in [-0.3, -0.25) is 9.89 Å². The van der Waals surface area contributed by atoms with Crippen molar-refractivity contribution in [3.63, 3.8) is 0 Å². The van der Waals surface area contributed by atoms with Crippen LogP contribution < -0.4 is 5.56 Å². The van der Waals surface area contributed by atoms with Crippen LogP contribution in [0.4, 0.5) is 0 Å². The molecule has 2 aromatic heterocycles. The van der Waals surface area contributed by atoms with Crippen LogP contribution >= 0.6 is 0 Å². The Kier molecular flexibility index (Phi) is 2.33. The van der Waals surface area contributed by atoms with Gasteiger partial charge in [0.2, 0.25) is 0 Å². The number of nitrogens with zero attached hydrogens (tertiary/aromatic N) is 2. The van der Waals surface area contributed by atoms with Gasteiger partial charge in [-0.15, -0.1) is 0 Å². The molecule has 0 radical (unpaired) electrons. The van der Waals surface area contributed by atoms with Crippen molar-refractivity contribution in [3.05, 3.63) is 45.9 Å². The minimum Gasteiger partial charge on any atom is -0.422 e. The lowest BCUT2D eigenvalue weighted by atomic mass is 10.2. The summed E-state index contributed by atoms with van der Waals surface area (Å²) in [5, 5.41) is 2.99. The minimum absolute atomic E-state index is 0.0958. The summed E-state index contributed by atoms with van der Waals surface area (Å²) in [6.07, 6.45) is 0.689. The molecule has 0 amide bonds. The van der Waals surface area contributed by atoms with E-state index >= 15 is 0 Å². The number of nitrogens with one attached hydrogen (secondary N) is 1. The van der Waals surface area contributed by atoms with Crippen molar-refractivity contribution in [1.82, 2.24) is 14.8 Å². The summed E-state index contributed by atoms with van der Waals surface area (Å²) >= 11 is 0. The molecule has 2 heterocycles. The number of aromatic nitrogens is 3. The zero-order chi connectivity index (χ0) is 12.7. The van der Waals surface area contributed by atoms with Crippen LogP contribution in [0, 0.1) is 6.92 Å². The zero-order valence-corrected chi connectivity index (χ0v) is 10.2. The van der Waals surface area contributed by atoms with Gasteiger partial charge in [0.25, 0.3) is 5.56 Å². The van der Waals surface area contributed by atoms with E-state index in [0.29, 0.717) is 12.0 Å². The fraction of sp³-hybridized carbons (Fsp3) is 0.231. The first-order chi connectivity index (χ1) is 8.70. The Labute approximate surface area is 103 Å². The number of hydrogen-bond donors (Lipinski definition) is 1. The van der Waals surface area contributed by atoms with Crippen LogP contribution in [0.3, 0.4) is 0 Å². The van der Waals surface area contributed by atoms with Gasteiger partial charge in [-0.25, -0.2) is 0 Å². The van der Waals surface area contributed by atoms with Gasteiger partial charge in [0.05, 0.1) is 0 Å². The Bertz CT molecular complexity index is 731. The molecule has 0 fully saturated rings. The van der Waals surface area contributed by atoms with Gasteiger partial charge in [-0.2, -0.15) is 9.67 Å². The summed E-state index contributed by atoms with van der Waals surface area (Å²) in [5.41, 5.74) is 2.93. The summed E-state index contributed by atoms with van der Waals surface area (Å²) in [4.78, 5) is 16.4. The maximum absolute atomic E-state index is 12.1. The highest BCUT2D eigenvalue weighted by Gasteiger charge is 2.14. The van der Waals surface area contributed by atoms with E-state index in [0.717, 1.165) is 16.8 Å². The molecular weight excluding hydrogens is 230 g/mol. The van der Waals surface area contributed by atoms with E-state index in [9.17, 15) is 4.79 Å². The van der Waals surface area contributed by atoms with Gasteiger partial charge >= 0.3 is 6.01 Å². The third kappa shape index (κ3) is 1.48. The number of benzene rings is 1. The molecule has 0 aliphatic heterocycles. The lowest BCUT2D eigenvalue weighted by molar-refractivity contribution is 0.535. The highest BCUT2D eigenvalue weighted by Crippen LogP contribution is 2.16. The second-order valence-corrected chi connectivity index (χ2v) is 4.17. The highest BCUT2D eigenvalue weighted by atomic mass is 16.4. The van der Waals surface area contributed by atoms with Crippen LogP contribution in [0.15, 0.2) is 33.5 Å². The van der Waals surface area contributed by atoms with Crippen LogP contribution in [-0.4, -0.2) is 14.8 Å². The zero-order valence-electron chi connectivity index (χ0n) is 10.2. The number of hydrogen-bond acceptors (Lipinski definition) is 3. The van der Waals surface area contributed by atoms with Gasteiger partial charge in [0.1, 0.15) is 5.52 Å². The standard InChI is InChI=1S/C13H13N3O2/c1-3-9-8(2)15-16(12(9)17)13-14-10-6-4-5-7-11(10)18-13/h4-7,15H,3H2,1-2H3. The van der Waals surface area contributed by atoms with Crippen LogP contribution in [-0.2, 0) is 6.42 Å². The molecule has 5 nitrogen and oxygen atoms in total. The van der Waals surface area contributed by atoms with Crippen LogP contribution in [0.1, 0.15) is 18.2 Å². The van der Waals surface area contributed by atoms with E-state index < -0.39 is 0 Å². The molecule has 0 aliphatic carbocycles. The normalized spacial score (nSPS) is 11.2. The number of H-pyrrole nitrogens is 1. The molecule has 18 heavy (non-hydrogen) atoms. The van der Waals surface area contributed by atoms with Crippen LogP contribution in [0.2, 0.25) is 0 Å². The largest absolute Gasteiger partial charge is 0.422 e. The molecule has 3 rings (SSSR count). The molecule has 0 aliphatic rings. The fourth-order valence-electron chi connectivity index (χ4n) is 2.09. The second kappa shape index (κ2) is 3.87. The molecule has 0 unspecified atom stereocenters. The number of aryl methyl sites for hydroxylation is 1. The molecule has 0 saturated heterocycles. The second-order valence-electron chi connectivity index (χ2n) is 4.17. The summed E-state index contributed by atoms with van der Waals surface area (Å²) in [7, 11) is 0. The summed E-state index contributed by atoms with van der Waals surface area (Å²) in [5.74, 6) is 0. The van der Waals surface area contributed by atoms with E-state index in [2.05, 4.69) is 10.1 Å². The Morgan fingerprint density at radius 3 is 2.83 bits per heavy atom. The molecule has 1 N–H and O–H groups in total. The molecule has 3 aromatic rings. The summed E-state index contributed by atoms with van der Waals surface area (Å²) in [6.45, 7) is 3.83. The minimum atomic E-state index is -0.0958. The van der Waals surface area contributed by atoms with Crippen LogP contribution in [0.5, 0.6) is 0 Å². The van der Waals surface area contributed by atoms with E-state index in [1.165, 1.54) is 4.68 Å². The van der Waals surface area contributed by atoms with E-state index in [-0.39, 0.29) is 11.6 Å². The van der Waals surface area contributed by atoms with E-state index in [1.807, 2.05) is 38.1 Å².